The van der Waals surface area contributed by atoms with Gasteiger partial charge in [0.15, 0.2) is 0 Å². The Morgan fingerprint density at radius 2 is 1.82 bits per heavy atom. The molecule has 10 nitrogen and oxygen atoms in total. The first-order valence-electron chi connectivity index (χ1n) is 13.6. The van der Waals surface area contributed by atoms with E-state index in [2.05, 4.69) is 56.3 Å². The fourth-order valence-electron chi connectivity index (χ4n) is 5.73. The molecule has 0 amide bonds. The second kappa shape index (κ2) is 9.99. The van der Waals surface area contributed by atoms with Crippen molar-refractivity contribution in [2.75, 3.05) is 33.2 Å². The van der Waals surface area contributed by atoms with E-state index in [0.29, 0.717) is 0 Å². The Hall–Kier alpha value is -3.50. The van der Waals surface area contributed by atoms with Crippen LogP contribution < -0.4 is 4.74 Å². The molecule has 6 rings (SSSR count). The van der Waals surface area contributed by atoms with E-state index in [9.17, 15) is 0 Å². The zero-order valence-electron chi connectivity index (χ0n) is 23.1. The average Bonchev–Trinajstić information content (AvgIpc) is 3.64. The molecule has 6 heterocycles. The van der Waals surface area contributed by atoms with E-state index in [-0.39, 0.29) is 6.10 Å². The van der Waals surface area contributed by atoms with Crippen LogP contribution in [0.25, 0.3) is 28.9 Å². The lowest BCUT2D eigenvalue weighted by atomic mass is 10.2. The van der Waals surface area contributed by atoms with Crippen molar-refractivity contribution < 1.29 is 4.74 Å². The summed E-state index contributed by atoms with van der Waals surface area (Å²) in [6.45, 7) is 11.9. The van der Waals surface area contributed by atoms with Gasteiger partial charge in [-0.3, -0.25) is 14.0 Å². The molecule has 200 valence electrons. The normalized spacial score (nSPS) is 19.8. The highest BCUT2D eigenvalue weighted by molar-refractivity contribution is 5.73. The monoisotopic (exact) mass is 515 g/mol. The summed E-state index contributed by atoms with van der Waals surface area (Å²) in [6.07, 6.45) is 12.9. The Morgan fingerprint density at radius 3 is 2.63 bits per heavy atom. The number of likely N-dealkylation sites (N-methyl/N-ethyl adjacent to an activating group) is 1. The lowest BCUT2D eigenvalue weighted by molar-refractivity contribution is 0.148. The molecule has 0 spiro atoms. The highest BCUT2D eigenvalue weighted by Gasteiger charge is 2.23. The van der Waals surface area contributed by atoms with Crippen LogP contribution in [0.2, 0.25) is 0 Å². The highest BCUT2D eigenvalue weighted by atomic mass is 16.5. The number of hydrogen-bond donors (Lipinski definition) is 0. The van der Waals surface area contributed by atoms with Crippen molar-refractivity contribution >= 4 is 17.7 Å². The summed E-state index contributed by atoms with van der Waals surface area (Å²) in [5, 5.41) is 9.68. The summed E-state index contributed by atoms with van der Waals surface area (Å²) in [7, 11) is 4.05. The van der Waals surface area contributed by atoms with E-state index in [1.165, 1.54) is 25.9 Å². The predicted octanol–water partition coefficient (Wildman–Crippen LogP) is 3.42. The topological polar surface area (TPSA) is 81.5 Å². The van der Waals surface area contributed by atoms with E-state index in [1.807, 2.05) is 38.0 Å². The molecule has 2 aliphatic rings. The minimum absolute atomic E-state index is 0.0523. The molecule has 0 N–H and O–H groups in total. The minimum Gasteiger partial charge on any atom is -0.473 e. The van der Waals surface area contributed by atoms with E-state index in [4.69, 9.17) is 19.8 Å². The molecule has 10 heteroatoms. The molecule has 4 aromatic rings. The molecule has 1 fully saturated rings. The van der Waals surface area contributed by atoms with Crippen LogP contribution in [-0.4, -0.2) is 83.1 Å². The van der Waals surface area contributed by atoms with Gasteiger partial charge < -0.3 is 9.64 Å². The van der Waals surface area contributed by atoms with Crippen LogP contribution in [0.1, 0.15) is 48.2 Å². The van der Waals surface area contributed by atoms with Crippen LogP contribution in [0.4, 0.5) is 0 Å². The molecule has 1 atom stereocenters. The highest BCUT2D eigenvalue weighted by Crippen LogP contribution is 2.33. The fourth-order valence-corrected chi connectivity index (χ4v) is 5.73. The lowest BCUT2D eigenvalue weighted by Gasteiger charge is -2.22. The molecule has 0 aromatic carbocycles. The quantitative estimate of drug-likeness (QED) is 0.414. The maximum absolute atomic E-state index is 6.52. The van der Waals surface area contributed by atoms with Gasteiger partial charge in [-0.2, -0.15) is 10.2 Å². The van der Waals surface area contributed by atoms with Crippen LogP contribution in [-0.2, 0) is 20.1 Å². The molecule has 0 aliphatic carbocycles. The second-order valence-corrected chi connectivity index (χ2v) is 10.8. The van der Waals surface area contributed by atoms with Crippen molar-refractivity contribution in [1.29, 1.82) is 0 Å². The number of rotatable bonds is 3. The number of nitrogens with zero attached hydrogens (tertiary/aromatic N) is 9. The fraction of sp³-hybridized carbons (Fsp3) is 0.500. The molecular formula is C28H37N9O. The van der Waals surface area contributed by atoms with Gasteiger partial charge in [-0.15, -0.1) is 0 Å². The zero-order valence-corrected chi connectivity index (χ0v) is 23.1. The number of aryl methyl sites for hydroxylation is 3. The maximum atomic E-state index is 6.52. The van der Waals surface area contributed by atoms with Gasteiger partial charge in [0.1, 0.15) is 11.9 Å². The van der Waals surface area contributed by atoms with Gasteiger partial charge in [0.05, 0.1) is 46.6 Å². The summed E-state index contributed by atoms with van der Waals surface area (Å²) in [5.41, 5.74) is 6.71. The third-order valence-electron chi connectivity index (χ3n) is 7.59. The first-order chi connectivity index (χ1) is 18.4. The third-order valence-corrected chi connectivity index (χ3v) is 7.59. The molecule has 2 bridgehead atoms. The Balaban J connectivity index is 1.42. The number of aromatic nitrogens is 7. The van der Waals surface area contributed by atoms with Crippen molar-refractivity contribution in [3.05, 3.63) is 47.1 Å². The maximum Gasteiger partial charge on any atom is 0.221 e. The molecule has 1 saturated heterocycles. The number of fused-ring (bicyclic) bond motifs is 4. The number of hydrogen-bond acceptors (Lipinski definition) is 7. The first kappa shape index (κ1) is 24.8. The van der Waals surface area contributed by atoms with Crippen LogP contribution in [0, 0.1) is 13.8 Å². The molecule has 4 aromatic heterocycles. The molecular weight excluding hydrogens is 478 g/mol. The zero-order chi connectivity index (χ0) is 26.4. The largest absolute Gasteiger partial charge is 0.473 e. The SMILES string of the molecule is Cc1nn(C)c2c1-c1cn3c(ncc3c(C)n1)/C=C/c1cn(CCN3CCCC3)nc1CN(C)C[C@H](C)O2. The van der Waals surface area contributed by atoms with Crippen molar-refractivity contribution in [2.24, 2.45) is 7.05 Å². The van der Waals surface area contributed by atoms with Gasteiger partial charge in [0.25, 0.3) is 0 Å². The third kappa shape index (κ3) is 4.74. The summed E-state index contributed by atoms with van der Waals surface area (Å²) >= 11 is 0. The Labute approximate surface area is 223 Å². The molecule has 0 radical (unpaired) electrons. The van der Waals surface area contributed by atoms with Crippen LogP contribution >= 0.6 is 0 Å². The molecule has 38 heavy (non-hydrogen) atoms. The van der Waals surface area contributed by atoms with E-state index in [1.54, 1.807) is 0 Å². The molecule has 0 unspecified atom stereocenters. The van der Waals surface area contributed by atoms with Gasteiger partial charge in [0, 0.05) is 44.6 Å². The summed E-state index contributed by atoms with van der Waals surface area (Å²) in [6, 6.07) is 0. The van der Waals surface area contributed by atoms with Crippen molar-refractivity contribution in [3.63, 3.8) is 0 Å². The first-order valence-corrected chi connectivity index (χ1v) is 13.6. The van der Waals surface area contributed by atoms with Crippen molar-refractivity contribution in [2.45, 2.75) is 52.8 Å². The predicted molar refractivity (Wildman–Crippen MR) is 148 cm³/mol. The van der Waals surface area contributed by atoms with Crippen LogP contribution in [0.3, 0.4) is 0 Å². The van der Waals surface area contributed by atoms with E-state index < -0.39 is 0 Å². The van der Waals surface area contributed by atoms with Crippen molar-refractivity contribution in [3.8, 4) is 17.1 Å². The van der Waals surface area contributed by atoms with Gasteiger partial charge in [-0.1, -0.05) is 0 Å². The van der Waals surface area contributed by atoms with Crippen LogP contribution in [0.15, 0.2) is 18.6 Å². The minimum atomic E-state index is -0.0523. The average molecular weight is 516 g/mol. The van der Waals surface area contributed by atoms with Crippen molar-refractivity contribution in [1.82, 2.24) is 43.7 Å². The molecule has 2 aliphatic heterocycles. The Kier molecular flexibility index (Phi) is 6.53. The summed E-state index contributed by atoms with van der Waals surface area (Å²) in [4.78, 5) is 14.5. The van der Waals surface area contributed by atoms with E-state index in [0.717, 1.165) is 77.3 Å². The second-order valence-electron chi connectivity index (χ2n) is 10.8. The Morgan fingerprint density at radius 1 is 1.00 bits per heavy atom. The number of likely N-dealkylation sites (tertiary alicyclic amines) is 1. The Bertz CT molecular complexity index is 1490. The van der Waals surface area contributed by atoms with Gasteiger partial charge in [-0.25, -0.2) is 14.6 Å². The van der Waals surface area contributed by atoms with Crippen LogP contribution in [0.5, 0.6) is 5.88 Å². The van der Waals surface area contributed by atoms with E-state index >= 15 is 0 Å². The van der Waals surface area contributed by atoms with Gasteiger partial charge in [0.2, 0.25) is 5.88 Å². The van der Waals surface area contributed by atoms with Gasteiger partial charge >= 0.3 is 0 Å². The smallest absolute Gasteiger partial charge is 0.221 e. The lowest BCUT2D eigenvalue weighted by Crippen LogP contribution is -2.31. The standard InChI is InChI=1S/C28H37N9O/c1-19-15-33(4)17-23-22(16-36(32-23)13-12-35-10-6-7-11-35)8-9-26-29-14-25-20(2)30-24(18-37(25)26)27-21(3)31-34(5)28(27)38-19/h8-9,14,16,18-19H,6-7,10-13,15,17H2,1-5H3/b9-8+/t19-/m0/s1. The molecule has 0 saturated carbocycles. The number of ether oxygens (including phenoxy) is 1. The van der Waals surface area contributed by atoms with Gasteiger partial charge in [-0.05, 0) is 65.9 Å². The number of imidazole rings is 1. The summed E-state index contributed by atoms with van der Waals surface area (Å²) < 4.78 is 12.5. The summed E-state index contributed by atoms with van der Waals surface area (Å²) in [5.74, 6) is 1.58.